The Balaban J connectivity index is 1.14. The first-order chi connectivity index (χ1) is 17.7. The van der Waals surface area contributed by atoms with Crippen molar-refractivity contribution in [3.63, 3.8) is 0 Å². The molecule has 3 aromatic heterocycles. The first-order valence-electron chi connectivity index (χ1n) is 12.6. The summed E-state index contributed by atoms with van der Waals surface area (Å²) in [5.74, 6) is 1.07. The molecule has 0 aliphatic carbocycles. The fourth-order valence-electron chi connectivity index (χ4n) is 5.82. The van der Waals surface area contributed by atoms with Crippen molar-refractivity contribution >= 4 is 16.7 Å². The van der Waals surface area contributed by atoms with Crippen molar-refractivity contribution in [1.29, 1.82) is 0 Å². The van der Waals surface area contributed by atoms with E-state index in [1.165, 1.54) is 12.0 Å². The van der Waals surface area contributed by atoms with Gasteiger partial charge in [0.1, 0.15) is 5.82 Å². The van der Waals surface area contributed by atoms with Gasteiger partial charge in [-0.3, -0.25) is 14.6 Å². The zero-order chi connectivity index (χ0) is 24.1. The first kappa shape index (κ1) is 21.3. The Morgan fingerprint density at radius 2 is 1.69 bits per heavy atom. The molecule has 3 aliphatic rings. The number of nitrogens with zero attached hydrogens (tertiary/aromatic N) is 6. The molecule has 3 aliphatic heterocycles. The van der Waals surface area contributed by atoms with E-state index in [1.807, 2.05) is 42.6 Å². The second-order valence-electron chi connectivity index (χ2n) is 10.0. The van der Waals surface area contributed by atoms with Crippen LogP contribution in [-0.4, -0.2) is 49.8 Å². The van der Waals surface area contributed by atoms with Crippen LogP contribution in [-0.2, 0) is 13.6 Å². The Morgan fingerprint density at radius 1 is 0.833 bits per heavy atom. The van der Waals surface area contributed by atoms with Crippen LogP contribution in [0.3, 0.4) is 0 Å². The van der Waals surface area contributed by atoms with E-state index in [-0.39, 0.29) is 0 Å². The maximum Gasteiger partial charge on any atom is 0.128 e. The molecule has 2 aromatic carbocycles. The van der Waals surface area contributed by atoms with Gasteiger partial charge in [0.25, 0.3) is 0 Å². The lowest BCUT2D eigenvalue weighted by Gasteiger charge is -2.56. The summed E-state index contributed by atoms with van der Waals surface area (Å²) in [5.41, 5.74) is 6.83. The molecule has 2 atom stereocenters. The fourth-order valence-corrected chi connectivity index (χ4v) is 5.82. The van der Waals surface area contributed by atoms with Crippen molar-refractivity contribution in [2.45, 2.75) is 25.0 Å². The van der Waals surface area contributed by atoms with Gasteiger partial charge in [-0.25, -0.2) is 4.98 Å². The van der Waals surface area contributed by atoms with Gasteiger partial charge in [-0.2, -0.15) is 5.10 Å². The summed E-state index contributed by atoms with van der Waals surface area (Å²) >= 11 is 0. The van der Waals surface area contributed by atoms with Gasteiger partial charge in [0.15, 0.2) is 0 Å². The van der Waals surface area contributed by atoms with Gasteiger partial charge >= 0.3 is 0 Å². The zero-order valence-corrected chi connectivity index (χ0v) is 20.3. The van der Waals surface area contributed by atoms with Crippen molar-refractivity contribution in [2.24, 2.45) is 7.05 Å². The average Bonchev–Trinajstić information content (AvgIpc) is 3.38. The predicted molar refractivity (Wildman–Crippen MR) is 144 cm³/mol. The predicted octanol–water partition coefficient (Wildman–Crippen LogP) is 5.16. The highest BCUT2D eigenvalue weighted by Gasteiger charge is 2.44. The third kappa shape index (κ3) is 3.74. The summed E-state index contributed by atoms with van der Waals surface area (Å²) in [7, 11) is 1.94. The quantitative estimate of drug-likeness (QED) is 0.354. The Labute approximate surface area is 210 Å². The molecule has 0 spiro atoms. The summed E-state index contributed by atoms with van der Waals surface area (Å²) in [4.78, 5) is 14.7. The maximum absolute atomic E-state index is 4.93. The van der Waals surface area contributed by atoms with Crippen LogP contribution < -0.4 is 4.90 Å². The van der Waals surface area contributed by atoms with Crippen LogP contribution in [0, 0.1) is 0 Å². The standard InChI is InChI=1S/C30H28N6/c1-34-18-24(16-33-34)23-12-28(27-8-5-11-31-29(27)13-23)22-9-10-30(32-15-22)35-19-25-14-26(20-35)36(25)17-21-6-3-2-4-7-21/h2-13,15-16,18,25-26H,14,17,19-20H2,1H3. The molecule has 0 saturated carbocycles. The van der Waals surface area contributed by atoms with Gasteiger partial charge in [0, 0.05) is 73.9 Å². The number of hydrogen-bond acceptors (Lipinski definition) is 5. The second-order valence-corrected chi connectivity index (χ2v) is 10.0. The number of piperazine rings is 1. The molecule has 3 fully saturated rings. The van der Waals surface area contributed by atoms with Crippen LogP contribution in [0.25, 0.3) is 33.2 Å². The number of pyridine rings is 2. The van der Waals surface area contributed by atoms with E-state index in [1.54, 1.807) is 0 Å². The lowest BCUT2D eigenvalue weighted by Crippen LogP contribution is -2.68. The molecular weight excluding hydrogens is 444 g/mol. The smallest absolute Gasteiger partial charge is 0.128 e. The third-order valence-electron chi connectivity index (χ3n) is 7.69. The van der Waals surface area contributed by atoms with Crippen molar-refractivity contribution in [1.82, 2.24) is 24.6 Å². The molecule has 2 bridgehead atoms. The minimum Gasteiger partial charge on any atom is -0.353 e. The Morgan fingerprint density at radius 3 is 2.44 bits per heavy atom. The summed E-state index contributed by atoms with van der Waals surface area (Å²) < 4.78 is 1.83. The number of hydrogen-bond donors (Lipinski definition) is 0. The largest absolute Gasteiger partial charge is 0.353 e. The highest BCUT2D eigenvalue weighted by atomic mass is 15.4. The maximum atomic E-state index is 4.93. The SMILES string of the molecule is Cn1cc(-c2cc(-c3ccc(N4CC5CC(C4)N5Cc4ccccc4)nc3)c3cccnc3c2)cn1. The molecule has 36 heavy (non-hydrogen) atoms. The van der Waals surface area contributed by atoms with Gasteiger partial charge < -0.3 is 4.90 Å². The molecule has 6 nitrogen and oxygen atoms in total. The van der Waals surface area contributed by atoms with Crippen molar-refractivity contribution in [2.75, 3.05) is 18.0 Å². The van der Waals surface area contributed by atoms with Crippen molar-refractivity contribution in [3.05, 3.63) is 97.1 Å². The molecule has 178 valence electrons. The van der Waals surface area contributed by atoms with Crippen LogP contribution >= 0.6 is 0 Å². The molecular formula is C30H28N6. The van der Waals surface area contributed by atoms with Crippen LogP contribution in [0.2, 0.25) is 0 Å². The van der Waals surface area contributed by atoms with Gasteiger partial charge in [-0.1, -0.05) is 36.4 Å². The molecule has 0 radical (unpaired) electrons. The van der Waals surface area contributed by atoms with Crippen LogP contribution in [0.5, 0.6) is 0 Å². The highest BCUT2D eigenvalue weighted by molar-refractivity contribution is 5.98. The molecule has 8 rings (SSSR count). The minimum atomic E-state index is 0.608. The first-order valence-corrected chi connectivity index (χ1v) is 12.6. The van der Waals surface area contributed by atoms with Gasteiger partial charge in [-0.15, -0.1) is 0 Å². The van der Waals surface area contributed by atoms with E-state index in [0.717, 1.165) is 58.6 Å². The van der Waals surface area contributed by atoms with E-state index in [9.17, 15) is 0 Å². The van der Waals surface area contributed by atoms with Gasteiger partial charge in [0.2, 0.25) is 0 Å². The topological polar surface area (TPSA) is 50.1 Å². The lowest BCUT2D eigenvalue weighted by molar-refractivity contribution is -0.00867. The van der Waals surface area contributed by atoms with Gasteiger partial charge in [-0.05, 0) is 53.4 Å². The van der Waals surface area contributed by atoms with E-state index in [2.05, 4.69) is 80.5 Å². The van der Waals surface area contributed by atoms with Crippen molar-refractivity contribution in [3.8, 4) is 22.3 Å². The molecule has 0 N–H and O–H groups in total. The molecule has 0 amide bonds. The molecule has 3 saturated heterocycles. The van der Waals surface area contributed by atoms with Gasteiger partial charge in [0.05, 0.1) is 11.7 Å². The minimum absolute atomic E-state index is 0.608. The molecule has 6 heterocycles. The Hall–Kier alpha value is -4.03. The van der Waals surface area contributed by atoms with Crippen LogP contribution in [0.15, 0.2) is 91.5 Å². The van der Waals surface area contributed by atoms with E-state index in [4.69, 9.17) is 4.98 Å². The van der Waals surface area contributed by atoms with Crippen LogP contribution in [0.1, 0.15) is 12.0 Å². The van der Waals surface area contributed by atoms with E-state index < -0.39 is 0 Å². The normalized spacial score (nSPS) is 19.4. The Bertz CT molecular complexity index is 1510. The number of anilines is 1. The molecule has 6 heteroatoms. The van der Waals surface area contributed by atoms with E-state index in [0.29, 0.717) is 12.1 Å². The second kappa shape index (κ2) is 8.57. The summed E-state index contributed by atoms with van der Waals surface area (Å²) in [5, 5.41) is 5.49. The van der Waals surface area contributed by atoms with E-state index >= 15 is 0 Å². The molecule has 5 aromatic rings. The number of aryl methyl sites for hydroxylation is 1. The number of fused-ring (bicyclic) bond motifs is 3. The summed E-state index contributed by atoms with van der Waals surface area (Å²) in [6, 6.07) is 24.9. The number of benzene rings is 2. The number of rotatable bonds is 5. The monoisotopic (exact) mass is 472 g/mol. The average molecular weight is 473 g/mol. The van der Waals surface area contributed by atoms with Crippen molar-refractivity contribution < 1.29 is 0 Å². The third-order valence-corrected chi connectivity index (χ3v) is 7.69. The number of piperidine rings is 1. The summed E-state index contributed by atoms with van der Waals surface area (Å²) in [6.45, 7) is 3.13. The Kier molecular flexibility index (Phi) is 5.06. The lowest BCUT2D eigenvalue weighted by atomic mass is 9.86. The summed E-state index contributed by atoms with van der Waals surface area (Å²) in [6.07, 6.45) is 9.10. The molecule has 2 unspecified atom stereocenters. The number of aromatic nitrogens is 4. The van der Waals surface area contributed by atoms with Crippen LogP contribution in [0.4, 0.5) is 5.82 Å². The fraction of sp³-hybridized carbons (Fsp3) is 0.233. The highest BCUT2D eigenvalue weighted by Crippen LogP contribution is 2.37. The zero-order valence-electron chi connectivity index (χ0n) is 20.3.